The van der Waals surface area contributed by atoms with Gasteiger partial charge in [-0.25, -0.2) is 13.8 Å². The predicted molar refractivity (Wildman–Crippen MR) is 129 cm³/mol. The van der Waals surface area contributed by atoms with E-state index in [1.165, 1.54) is 7.11 Å². The number of aliphatic hydroxyl groups excluding tert-OH is 1. The fourth-order valence-electron chi connectivity index (χ4n) is 4.12. The molecule has 0 aliphatic carbocycles. The topological polar surface area (TPSA) is 122 Å². The molecule has 0 fully saturated rings. The molecule has 0 saturated carbocycles. The third kappa shape index (κ3) is 9.06. The van der Waals surface area contributed by atoms with Gasteiger partial charge < -0.3 is 9.84 Å². The molecular formula is C24H40N2O6S. The van der Waals surface area contributed by atoms with Gasteiger partial charge in [-0.3, -0.25) is 15.0 Å². The molecule has 0 spiro atoms. The highest BCUT2D eigenvalue weighted by atomic mass is 32.2. The molecule has 33 heavy (non-hydrogen) atoms. The molecular weight excluding hydrogens is 444 g/mol. The van der Waals surface area contributed by atoms with Crippen LogP contribution in [-0.4, -0.2) is 57.7 Å². The predicted octanol–water partition coefficient (Wildman–Crippen LogP) is 2.15. The summed E-state index contributed by atoms with van der Waals surface area (Å²) in [5.41, 5.74) is 5.82. The van der Waals surface area contributed by atoms with Crippen molar-refractivity contribution in [1.82, 2.24) is 10.9 Å². The number of nitrogens with one attached hydrogen (secondary N) is 2. The van der Waals surface area contributed by atoms with Crippen LogP contribution < -0.4 is 10.9 Å². The molecule has 0 bridgehead atoms. The highest BCUT2D eigenvalue weighted by Gasteiger charge is 2.36. The van der Waals surface area contributed by atoms with Crippen molar-refractivity contribution in [2.24, 2.45) is 11.3 Å². The third-order valence-corrected chi connectivity index (χ3v) is 8.02. The lowest BCUT2D eigenvalue weighted by Crippen LogP contribution is -2.47. The minimum atomic E-state index is -3.34. The zero-order chi connectivity index (χ0) is 25.3. The third-order valence-electron chi connectivity index (χ3n) is 5.99. The summed E-state index contributed by atoms with van der Waals surface area (Å²) in [5.74, 6) is -1.02. The average molecular weight is 485 g/mol. The fourth-order valence-corrected chi connectivity index (χ4v) is 5.88. The molecule has 9 heteroatoms. The van der Waals surface area contributed by atoms with Gasteiger partial charge in [0.05, 0.1) is 36.6 Å². The van der Waals surface area contributed by atoms with Crippen LogP contribution in [0.25, 0.3) is 0 Å². The molecule has 1 unspecified atom stereocenters. The fraction of sp³-hybridized carbons (Fsp3) is 0.667. The molecule has 0 aliphatic heterocycles. The quantitative estimate of drug-likeness (QED) is 0.273. The SMILES string of the molecule is CNNC(=O)C(C)(CCCC(C)(C)CS(=O)(=O)CCO)c1cccc(C[C@H](C)C(=O)OC)c1. The van der Waals surface area contributed by atoms with Crippen molar-refractivity contribution in [3.8, 4) is 0 Å². The van der Waals surface area contributed by atoms with Gasteiger partial charge in [0.25, 0.3) is 0 Å². The first-order valence-electron chi connectivity index (χ1n) is 11.3. The zero-order valence-corrected chi connectivity index (χ0v) is 21.5. The summed E-state index contributed by atoms with van der Waals surface area (Å²) < 4.78 is 29.1. The summed E-state index contributed by atoms with van der Waals surface area (Å²) in [7, 11) is -0.343. The van der Waals surface area contributed by atoms with E-state index in [0.29, 0.717) is 25.7 Å². The first-order chi connectivity index (χ1) is 15.3. The Bertz CT molecular complexity index is 900. The van der Waals surface area contributed by atoms with E-state index in [-0.39, 0.29) is 35.9 Å². The number of esters is 1. The number of carbonyl (C=O) groups is 2. The number of benzene rings is 1. The number of hydrogen-bond acceptors (Lipinski definition) is 7. The lowest BCUT2D eigenvalue weighted by Gasteiger charge is -2.31. The highest BCUT2D eigenvalue weighted by molar-refractivity contribution is 7.91. The first kappa shape index (κ1) is 29.1. The van der Waals surface area contributed by atoms with Gasteiger partial charge in [0.15, 0.2) is 9.84 Å². The summed E-state index contributed by atoms with van der Waals surface area (Å²) >= 11 is 0. The Morgan fingerprint density at radius 3 is 2.42 bits per heavy atom. The van der Waals surface area contributed by atoms with Gasteiger partial charge >= 0.3 is 5.97 Å². The highest BCUT2D eigenvalue weighted by Crippen LogP contribution is 2.34. The Balaban J connectivity index is 3.06. The Labute approximate surface area is 198 Å². The number of carbonyl (C=O) groups excluding carboxylic acids is 2. The summed E-state index contributed by atoms with van der Waals surface area (Å²) in [6, 6.07) is 7.66. The maximum Gasteiger partial charge on any atom is 0.308 e. The van der Waals surface area contributed by atoms with Gasteiger partial charge in [-0.05, 0) is 42.7 Å². The zero-order valence-electron chi connectivity index (χ0n) is 20.7. The van der Waals surface area contributed by atoms with Crippen LogP contribution in [0.5, 0.6) is 0 Å². The number of hydrazine groups is 1. The van der Waals surface area contributed by atoms with Crippen LogP contribution in [0.4, 0.5) is 0 Å². The van der Waals surface area contributed by atoms with Crippen LogP contribution in [0.1, 0.15) is 58.1 Å². The van der Waals surface area contributed by atoms with E-state index >= 15 is 0 Å². The van der Waals surface area contributed by atoms with Gasteiger partial charge in [0, 0.05) is 7.05 Å². The summed E-state index contributed by atoms with van der Waals surface area (Å²) in [6.07, 6.45) is 2.26. The smallest absolute Gasteiger partial charge is 0.308 e. The van der Waals surface area contributed by atoms with Gasteiger partial charge in [-0.15, -0.1) is 0 Å². The second kappa shape index (κ2) is 12.5. The molecule has 1 aromatic rings. The van der Waals surface area contributed by atoms with Crippen LogP contribution in [0.15, 0.2) is 24.3 Å². The maximum atomic E-state index is 13.1. The first-order valence-corrected chi connectivity index (χ1v) is 13.1. The van der Waals surface area contributed by atoms with Crippen molar-refractivity contribution in [2.75, 3.05) is 32.3 Å². The maximum absolute atomic E-state index is 13.1. The Morgan fingerprint density at radius 2 is 1.85 bits per heavy atom. The van der Waals surface area contributed by atoms with E-state index in [1.807, 2.05) is 45.0 Å². The van der Waals surface area contributed by atoms with Crippen molar-refractivity contribution in [2.45, 2.75) is 58.8 Å². The van der Waals surface area contributed by atoms with Crippen LogP contribution in [-0.2, 0) is 36.0 Å². The minimum absolute atomic E-state index is 0.0130. The van der Waals surface area contributed by atoms with Gasteiger partial charge in [0.2, 0.25) is 5.91 Å². The Hall–Kier alpha value is -1.97. The molecule has 1 aromatic carbocycles. The van der Waals surface area contributed by atoms with E-state index in [9.17, 15) is 18.0 Å². The minimum Gasteiger partial charge on any atom is -0.469 e. The summed E-state index contributed by atoms with van der Waals surface area (Å²) in [5, 5.41) is 8.99. The molecule has 8 nitrogen and oxygen atoms in total. The number of sulfone groups is 1. The molecule has 0 heterocycles. The van der Waals surface area contributed by atoms with E-state index in [0.717, 1.165) is 11.1 Å². The van der Waals surface area contributed by atoms with Crippen molar-refractivity contribution < 1.29 is 27.9 Å². The second-order valence-electron chi connectivity index (χ2n) is 9.70. The van der Waals surface area contributed by atoms with E-state index < -0.39 is 20.7 Å². The Kier molecular flexibility index (Phi) is 11.0. The van der Waals surface area contributed by atoms with Crippen LogP contribution in [0.3, 0.4) is 0 Å². The number of rotatable bonds is 14. The van der Waals surface area contributed by atoms with Crippen molar-refractivity contribution >= 4 is 21.7 Å². The summed E-state index contributed by atoms with van der Waals surface area (Å²) in [4.78, 5) is 24.9. The lowest BCUT2D eigenvalue weighted by atomic mass is 9.75. The van der Waals surface area contributed by atoms with Crippen molar-refractivity contribution in [3.05, 3.63) is 35.4 Å². The molecule has 1 rings (SSSR count). The van der Waals surface area contributed by atoms with E-state index in [2.05, 4.69) is 10.9 Å². The van der Waals surface area contributed by atoms with E-state index in [1.54, 1.807) is 14.0 Å². The molecule has 2 atom stereocenters. The standard InChI is InChI=1S/C24H40N2O6S/c1-18(21(28)32-6)15-19-9-7-10-20(16-19)24(4,22(29)26-25-5)12-8-11-23(2,3)17-33(30,31)14-13-27/h7,9-10,16,18,25,27H,8,11-15,17H2,1-6H3,(H,26,29)/t18-,24?/m0/s1. The number of ether oxygens (including phenoxy) is 1. The molecule has 1 amide bonds. The molecule has 0 radical (unpaired) electrons. The normalized spacial score (nSPS) is 14.9. The largest absolute Gasteiger partial charge is 0.469 e. The van der Waals surface area contributed by atoms with E-state index in [4.69, 9.17) is 9.84 Å². The molecule has 0 aliphatic rings. The number of aliphatic hydroxyl groups is 1. The average Bonchev–Trinajstić information content (AvgIpc) is 2.72. The number of methoxy groups -OCH3 is 1. The van der Waals surface area contributed by atoms with Crippen molar-refractivity contribution in [3.63, 3.8) is 0 Å². The Morgan fingerprint density at radius 1 is 1.18 bits per heavy atom. The molecule has 188 valence electrons. The number of hydrogen-bond donors (Lipinski definition) is 3. The molecule has 0 aromatic heterocycles. The molecule has 3 N–H and O–H groups in total. The second-order valence-corrected chi connectivity index (χ2v) is 11.9. The lowest BCUT2D eigenvalue weighted by molar-refractivity contribution is -0.144. The molecule has 0 saturated heterocycles. The monoisotopic (exact) mass is 484 g/mol. The summed E-state index contributed by atoms with van der Waals surface area (Å²) in [6.45, 7) is 7.07. The van der Waals surface area contributed by atoms with Crippen LogP contribution >= 0.6 is 0 Å². The van der Waals surface area contributed by atoms with Gasteiger partial charge in [-0.1, -0.05) is 51.5 Å². The van der Waals surface area contributed by atoms with Gasteiger partial charge in [0.1, 0.15) is 0 Å². The van der Waals surface area contributed by atoms with Crippen LogP contribution in [0, 0.1) is 11.3 Å². The van der Waals surface area contributed by atoms with Crippen LogP contribution in [0.2, 0.25) is 0 Å². The number of amides is 1. The van der Waals surface area contributed by atoms with Gasteiger partial charge in [-0.2, -0.15) is 0 Å². The van der Waals surface area contributed by atoms with Crippen molar-refractivity contribution in [1.29, 1.82) is 0 Å².